The zero-order valence-electron chi connectivity index (χ0n) is 23.4. The lowest BCUT2D eigenvalue weighted by atomic mass is 9.87. The van der Waals surface area contributed by atoms with Gasteiger partial charge in [-0.05, 0) is 46.1 Å². The lowest BCUT2D eigenvalue weighted by Gasteiger charge is -2.20. The number of nitrogens with one attached hydrogen (secondary N) is 1. The molecular weight excluding hydrogens is 492 g/mol. The van der Waals surface area contributed by atoms with Crippen LogP contribution in [0, 0.1) is 0 Å². The minimum absolute atomic E-state index is 0.0615. The Bertz CT molecular complexity index is 1340. The Hall–Kier alpha value is -3.32. The molecule has 0 unspecified atom stereocenters. The number of benzene rings is 2. The number of hydrogen-bond acceptors (Lipinski definition) is 5. The lowest BCUT2D eigenvalue weighted by molar-refractivity contribution is -0.113. The maximum atomic E-state index is 13.2. The number of carbonyl (C=O) groups is 1. The summed E-state index contributed by atoms with van der Waals surface area (Å²) in [4.78, 5) is 13.2. The van der Waals surface area contributed by atoms with E-state index in [1.165, 1.54) is 17.3 Å². The molecule has 200 valence electrons. The van der Waals surface area contributed by atoms with E-state index in [1.54, 1.807) is 6.26 Å². The Kier molecular flexibility index (Phi) is 8.46. The highest BCUT2D eigenvalue weighted by Gasteiger charge is 2.20. The molecule has 0 spiro atoms. The normalized spacial score (nSPS) is 11.9. The van der Waals surface area contributed by atoms with Crippen LogP contribution in [0.3, 0.4) is 0 Å². The summed E-state index contributed by atoms with van der Waals surface area (Å²) < 4.78 is 7.65. The highest BCUT2D eigenvalue weighted by Crippen LogP contribution is 2.33. The van der Waals surface area contributed by atoms with Crippen LogP contribution >= 0.6 is 11.8 Å². The topological polar surface area (TPSA) is 73.0 Å². The Morgan fingerprint density at radius 1 is 0.947 bits per heavy atom. The van der Waals surface area contributed by atoms with Crippen molar-refractivity contribution in [2.75, 3.05) is 11.1 Å². The number of nitrogens with zero attached hydrogens (tertiary/aromatic N) is 3. The summed E-state index contributed by atoms with van der Waals surface area (Å²) in [7, 11) is 0. The molecule has 0 saturated carbocycles. The predicted molar refractivity (Wildman–Crippen MR) is 156 cm³/mol. The number of thioether (sulfide) groups is 1. The van der Waals surface area contributed by atoms with Gasteiger partial charge in [0.2, 0.25) is 5.91 Å². The molecule has 1 N–H and O–H groups in total. The van der Waals surface area contributed by atoms with Crippen molar-refractivity contribution in [3.05, 3.63) is 83.3 Å². The maximum Gasteiger partial charge on any atom is 0.234 e. The van der Waals surface area contributed by atoms with Crippen LogP contribution in [0.2, 0.25) is 0 Å². The van der Waals surface area contributed by atoms with Gasteiger partial charge in [-0.1, -0.05) is 103 Å². The number of rotatable bonds is 9. The van der Waals surface area contributed by atoms with Gasteiger partial charge < -0.3 is 9.73 Å². The van der Waals surface area contributed by atoms with Crippen molar-refractivity contribution in [3.63, 3.8) is 0 Å². The van der Waals surface area contributed by atoms with Gasteiger partial charge >= 0.3 is 0 Å². The standard InChI is InChI=1S/C31H38N4O2S/c1-20(2)25-11-8-12-26(21(3)4)28(25)32-27(36)19-38-30-34-33-29(35(30)18-24-10-9-17-37-24)22-13-15-23(16-14-22)31(5,6)7/h8-17,20-21H,18-19H2,1-7H3,(H,32,36). The zero-order valence-corrected chi connectivity index (χ0v) is 24.2. The number of amides is 1. The van der Waals surface area contributed by atoms with E-state index in [4.69, 9.17) is 4.42 Å². The van der Waals surface area contributed by atoms with Gasteiger partial charge in [0.15, 0.2) is 11.0 Å². The quantitative estimate of drug-likeness (QED) is 0.223. The number of carbonyl (C=O) groups excluding carboxylic acids is 1. The van der Waals surface area contributed by atoms with Crippen molar-refractivity contribution < 1.29 is 9.21 Å². The molecule has 6 nitrogen and oxygen atoms in total. The van der Waals surface area contributed by atoms with E-state index in [9.17, 15) is 4.79 Å². The molecule has 0 fully saturated rings. The summed E-state index contributed by atoms with van der Waals surface area (Å²) >= 11 is 1.38. The molecule has 0 aliphatic heterocycles. The predicted octanol–water partition coefficient (Wildman–Crippen LogP) is 7.86. The summed E-state index contributed by atoms with van der Waals surface area (Å²) in [5, 5.41) is 12.9. The highest BCUT2D eigenvalue weighted by atomic mass is 32.2. The Labute approximate surface area is 230 Å². The third kappa shape index (κ3) is 6.38. The average molecular weight is 531 g/mol. The van der Waals surface area contributed by atoms with E-state index in [1.807, 2.05) is 16.7 Å². The van der Waals surface area contributed by atoms with Gasteiger partial charge in [-0.25, -0.2) is 0 Å². The third-order valence-electron chi connectivity index (χ3n) is 6.59. The van der Waals surface area contributed by atoms with Crippen molar-refractivity contribution >= 4 is 23.4 Å². The minimum atomic E-state index is -0.0615. The first-order valence-electron chi connectivity index (χ1n) is 13.2. The van der Waals surface area contributed by atoms with Crippen LogP contribution < -0.4 is 5.32 Å². The zero-order chi connectivity index (χ0) is 27.4. The molecule has 0 aliphatic carbocycles. The van der Waals surface area contributed by atoms with Crippen molar-refractivity contribution in [1.29, 1.82) is 0 Å². The molecule has 7 heteroatoms. The van der Waals surface area contributed by atoms with Crippen LogP contribution in [0.25, 0.3) is 11.4 Å². The molecule has 1 amide bonds. The molecule has 4 rings (SSSR count). The smallest absolute Gasteiger partial charge is 0.234 e. The lowest BCUT2D eigenvalue weighted by Crippen LogP contribution is -2.18. The van der Waals surface area contributed by atoms with Gasteiger partial charge in [0.05, 0.1) is 18.6 Å². The van der Waals surface area contributed by atoms with Gasteiger partial charge in [0.1, 0.15) is 5.76 Å². The van der Waals surface area contributed by atoms with Crippen LogP contribution in [0.1, 0.15) is 82.8 Å². The van der Waals surface area contributed by atoms with Crippen molar-refractivity contribution in [2.24, 2.45) is 0 Å². The van der Waals surface area contributed by atoms with Gasteiger partial charge in [-0.3, -0.25) is 9.36 Å². The van der Waals surface area contributed by atoms with E-state index in [-0.39, 0.29) is 17.1 Å². The van der Waals surface area contributed by atoms with Crippen molar-refractivity contribution in [3.8, 4) is 11.4 Å². The Morgan fingerprint density at radius 3 is 2.16 bits per heavy atom. The molecule has 2 aromatic carbocycles. The van der Waals surface area contributed by atoms with Crippen LogP contribution in [0.15, 0.2) is 70.4 Å². The molecular formula is C31H38N4O2S. The molecule has 0 saturated heterocycles. The molecule has 0 radical (unpaired) electrons. The van der Waals surface area contributed by atoms with E-state index in [0.717, 1.165) is 34.0 Å². The molecule has 38 heavy (non-hydrogen) atoms. The van der Waals surface area contributed by atoms with Gasteiger partial charge in [-0.15, -0.1) is 10.2 Å². The minimum Gasteiger partial charge on any atom is -0.467 e. The van der Waals surface area contributed by atoms with E-state index in [0.29, 0.717) is 23.5 Å². The van der Waals surface area contributed by atoms with Gasteiger partial charge in [-0.2, -0.15) is 0 Å². The van der Waals surface area contributed by atoms with Crippen molar-refractivity contribution in [2.45, 2.75) is 77.4 Å². The number of para-hydroxylation sites is 1. The van der Waals surface area contributed by atoms with Gasteiger partial charge in [0, 0.05) is 11.3 Å². The Morgan fingerprint density at radius 2 is 1.61 bits per heavy atom. The summed E-state index contributed by atoms with van der Waals surface area (Å²) in [6, 6.07) is 18.5. The summed E-state index contributed by atoms with van der Waals surface area (Å²) in [5.74, 6) is 2.32. The number of furan rings is 1. The number of anilines is 1. The van der Waals surface area contributed by atoms with Crippen LogP contribution in [0.4, 0.5) is 5.69 Å². The van der Waals surface area contributed by atoms with E-state index in [2.05, 4.69) is 106 Å². The van der Waals surface area contributed by atoms with E-state index >= 15 is 0 Å². The van der Waals surface area contributed by atoms with Crippen LogP contribution in [-0.2, 0) is 16.8 Å². The summed E-state index contributed by atoms with van der Waals surface area (Å²) in [5.41, 5.74) is 5.53. The van der Waals surface area contributed by atoms with E-state index < -0.39 is 0 Å². The second-order valence-electron chi connectivity index (χ2n) is 11.3. The molecule has 2 heterocycles. The molecule has 0 aliphatic rings. The molecule has 0 bridgehead atoms. The number of hydrogen-bond donors (Lipinski definition) is 1. The average Bonchev–Trinajstić information content (AvgIpc) is 3.52. The number of aromatic nitrogens is 3. The summed E-state index contributed by atoms with van der Waals surface area (Å²) in [6.45, 7) is 15.7. The van der Waals surface area contributed by atoms with Crippen LogP contribution in [0.5, 0.6) is 0 Å². The Balaban J connectivity index is 1.58. The molecule has 2 aromatic heterocycles. The highest BCUT2D eigenvalue weighted by molar-refractivity contribution is 7.99. The first-order chi connectivity index (χ1) is 18.0. The first kappa shape index (κ1) is 27.7. The first-order valence-corrected chi connectivity index (χ1v) is 14.1. The fourth-order valence-corrected chi connectivity index (χ4v) is 5.17. The second kappa shape index (κ2) is 11.6. The molecule has 0 atom stereocenters. The fraction of sp³-hybridized carbons (Fsp3) is 0.387. The third-order valence-corrected chi connectivity index (χ3v) is 7.56. The monoisotopic (exact) mass is 530 g/mol. The van der Waals surface area contributed by atoms with Crippen molar-refractivity contribution in [1.82, 2.24) is 14.8 Å². The van der Waals surface area contributed by atoms with Gasteiger partial charge in [0.25, 0.3) is 0 Å². The molecule has 4 aromatic rings. The summed E-state index contributed by atoms with van der Waals surface area (Å²) in [6.07, 6.45) is 1.66. The largest absolute Gasteiger partial charge is 0.467 e. The second-order valence-corrected chi connectivity index (χ2v) is 12.2. The van der Waals surface area contributed by atoms with Crippen LogP contribution in [-0.4, -0.2) is 26.4 Å². The fourth-order valence-electron chi connectivity index (χ4n) is 4.43. The SMILES string of the molecule is CC(C)c1cccc(C(C)C)c1NC(=O)CSc1nnc(-c2ccc(C(C)(C)C)cc2)n1Cc1ccco1. The maximum absolute atomic E-state index is 13.2.